The molecule has 6 nitrogen and oxygen atoms in total. The number of nitrogens with two attached hydrogens (primary N) is 1. The van der Waals surface area contributed by atoms with Crippen molar-refractivity contribution in [3.8, 4) is 0 Å². The zero-order valence-corrected chi connectivity index (χ0v) is 17.5. The molecule has 6 heteroatoms. The lowest BCUT2D eigenvalue weighted by Crippen LogP contribution is -2.49. The molecule has 29 heavy (non-hydrogen) atoms. The monoisotopic (exact) mass is 400 g/mol. The number of amides is 2. The maximum absolute atomic E-state index is 12.2. The minimum Gasteiger partial charge on any atom is -0.370 e. The van der Waals surface area contributed by atoms with Gasteiger partial charge in [0.1, 0.15) is 0 Å². The van der Waals surface area contributed by atoms with Crippen molar-refractivity contribution in [1.29, 1.82) is 0 Å². The molecule has 0 unspecified atom stereocenters. The van der Waals surface area contributed by atoms with Gasteiger partial charge in [-0.3, -0.25) is 9.59 Å². The van der Waals surface area contributed by atoms with E-state index in [0.29, 0.717) is 12.6 Å². The number of rotatable bonds is 9. The van der Waals surface area contributed by atoms with Gasteiger partial charge >= 0.3 is 0 Å². The first-order valence-corrected chi connectivity index (χ1v) is 11.2. The van der Waals surface area contributed by atoms with E-state index in [0.717, 1.165) is 32.4 Å². The first kappa shape index (κ1) is 21.8. The highest BCUT2D eigenvalue weighted by atomic mass is 16.2. The number of hydrogen-bond acceptors (Lipinski definition) is 4. The van der Waals surface area contributed by atoms with Crippen molar-refractivity contribution in [2.75, 3.05) is 39.3 Å². The molecule has 0 radical (unpaired) electrons. The molecule has 0 saturated carbocycles. The Morgan fingerprint density at radius 3 is 2.34 bits per heavy atom. The van der Waals surface area contributed by atoms with E-state index in [1.54, 1.807) is 0 Å². The number of carbonyl (C=O) groups is 2. The van der Waals surface area contributed by atoms with Crippen LogP contribution in [0.25, 0.3) is 0 Å². The Balaban J connectivity index is 1.29. The third kappa shape index (κ3) is 7.12. The number of primary amides is 1. The smallest absolute Gasteiger partial charge is 0.223 e. The van der Waals surface area contributed by atoms with Crippen LogP contribution in [0, 0.1) is 5.92 Å². The molecule has 2 aliphatic rings. The average Bonchev–Trinajstić information content (AvgIpc) is 2.75. The van der Waals surface area contributed by atoms with Gasteiger partial charge in [-0.2, -0.15) is 0 Å². The Kier molecular flexibility index (Phi) is 8.50. The Morgan fingerprint density at radius 1 is 1.00 bits per heavy atom. The van der Waals surface area contributed by atoms with Crippen molar-refractivity contribution in [3.05, 3.63) is 35.9 Å². The van der Waals surface area contributed by atoms with E-state index in [9.17, 15) is 9.59 Å². The SMILES string of the molecule is NC(=O)CCNC(=O)C1CCN(C2CCN(CCCc3ccccc3)CC2)CC1. The second kappa shape index (κ2) is 11.3. The number of aryl methyl sites for hydroxylation is 1. The van der Waals surface area contributed by atoms with Gasteiger partial charge in [-0.25, -0.2) is 0 Å². The van der Waals surface area contributed by atoms with Crippen molar-refractivity contribution in [3.63, 3.8) is 0 Å². The fourth-order valence-corrected chi connectivity index (χ4v) is 4.64. The van der Waals surface area contributed by atoms with E-state index in [1.165, 1.54) is 44.5 Å². The normalized spacial score (nSPS) is 19.9. The number of nitrogens with one attached hydrogen (secondary N) is 1. The largest absolute Gasteiger partial charge is 0.370 e. The molecular formula is C23H36N4O2. The van der Waals surface area contributed by atoms with E-state index < -0.39 is 0 Å². The van der Waals surface area contributed by atoms with E-state index in [-0.39, 0.29) is 24.2 Å². The predicted molar refractivity (Wildman–Crippen MR) is 115 cm³/mol. The number of likely N-dealkylation sites (tertiary alicyclic amines) is 2. The minimum atomic E-state index is -0.369. The summed E-state index contributed by atoms with van der Waals surface area (Å²) in [4.78, 5) is 28.2. The van der Waals surface area contributed by atoms with Crippen LogP contribution in [-0.4, -0.2) is 66.9 Å². The van der Waals surface area contributed by atoms with Crippen LogP contribution < -0.4 is 11.1 Å². The second-order valence-electron chi connectivity index (χ2n) is 8.48. The molecule has 3 rings (SSSR count). The third-order valence-corrected chi connectivity index (χ3v) is 6.43. The lowest BCUT2D eigenvalue weighted by Gasteiger charge is -2.41. The van der Waals surface area contributed by atoms with Gasteiger partial charge in [-0.1, -0.05) is 30.3 Å². The zero-order chi connectivity index (χ0) is 20.5. The lowest BCUT2D eigenvalue weighted by molar-refractivity contribution is -0.126. The molecule has 2 amide bonds. The van der Waals surface area contributed by atoms with E-state index in [1.807, 2.05) is 0 Å². The average molecular weight is 401 g/mol. The summed E-state index contributed by atoms with van der Waals surface area (Å²) in [6.07, 6.45) is 6.91. The van der Waals surface area contributed by atoms with Crippen LogP contribution in [0.5, 0.6) is 0 Å². The Morgan fingerprint density at radius 2 is 1.69 bits per heavy atom. The molecule has 2 fully saturated rings. The number of carbonyl (C=O) groups excluding carboxylic acids is 2. The van der Waals surface area contributed by atoms with Gasteiger partial charge in [0.25, 0.3) is 0 Å². The van der Waals surface area contributed by atoms with Crippen molar-refractivity contribution >= 4 is 11.8 Å². The van der Waals surface area contributed by atoms with Crippen LogP contribution in [0.15, 0.2) is 30.3 Å². The van der Waals surface area contributed by atoms with Gasteiger partial charge in [-0.05, 0) is 76.8 Å². The third-order valence-electron chi connectivity index (χ3n) is 6.43. The molecule has 1 aromatic carbocycles. The second-order valence-corrected chi connectivity index (χ2v) is 8.48. The summed E-state index contributed by atoms with van der Waals surface area (Å²) >= 11 is 0. The van der Waals surface area contributed by atoms with Crippen LogP contribution in [-0.2, 0) is 16.0 Å². The highest BCUT2D eigenvalue weighted by Gasteiger charge is 2.30. The number of nitrogens with zero attached hydrogens (tertiary/aromatic N) is 2. The Labute approximate surface area is 174 Å². The number of hydrogen-bond donors (Lipinski definition) is 2. The Bertz CT molecular complexity index is 636. The molecule has 2 heterocycles. The molecule has 3 N–H and O–H groups in total. The van der Waals surface area contributed by atoms with Crippen molar-refractivity contribution in [1.82, 2.24) is 15.1 Å². The minimum absolute atomic E-state index is 0.0807. The van der Waals surface area contributed by atoms with E-state index >= 15 is 0 Å². The van der Waals surface area contributed by atoms with Gasteiger partial charge < -0.3 is 20.9 Å². The van der Waals surface area contributed by atoms with Gasteiger partial charge in [-0.15, -0.1) is 0 Å². The molecule has 160 valence electrons. The fraction of sp³-hybridized carbons (Fsp3) is 0.652. The van der Waals surface area contributed by atoms with E-state index in [2.05, 4.69) is 45.4 Å². The first-order chi connectivity index (χ1) is 14.1. The van der Waals surface area contributed by atoms with Crippen molar-refractivity contribution < 1.29 is 9.59 Å². The quantitative estimate of drug-likeness (QED) is 0.662. The van der Waals surface area contributed by atoms with Gasteiger partial charge in [0, 0.05) is 24.9 Å². The first-order valence-electron chi connectivity index (χ1n) is 11.2. The fourth-order valence-electron chi connectivity index (χ4n) is 4.64. The maximum Gasteiger partial charge on any atom is 0.223 e. The van der Waals surface area contributed by atoms with Crippen molar-refractivity contribution in [2.24, 2.45) is 11.7 Å². The van der Waals surface area contributed by atoms with Crippen LogP contribution in [0.2, 0.25) is 0 Å². The van der Waals surface area contributed by atoms with Crippen LogP contribution in [0.4, 0.5) is 0 Å². The summed E-state index contributed by atoms with van der Waals surface area (Å²) in [7, 11) is 0. The number of piperidine rings is 2. The van der Waals surface area contributed by atoms with Crippen molar-refractivity contribution in [2.45, 2.75) is 51.0 Å². The summed E-state index contributed by atoms with van der Waals surface area (Å²) in [5, 5.41) is 2.85. The van der Waals surface area contributed by atoms with Gasteiger partial charge in [0.05, 0.1) is 0 Å². The highest BCUT2D eigenvalue weighted by molar-refractivity contribution is 5.80. The predicted octanol–water partition coefficient (Wildman–Crippen LogP) is 1.79. The molecule has 0 aliphatic carbocycles. The molecule has 0 bridgehead atoms. The topological polar surface area (TPSA) is 78.7 Å². The summed E-state index contributed by atoms with van der Waals surface area (Å²) in [5.74, 6) is -0.206. The highest BCUT2D eigenvalue weighted by Crippen LogP contribution is 2.24. The molecule has 0 spiro atoms. The van der Waals surface area contributed by atoms with Gasteiger partial charge in [0.2, 0.25) is 11.8 Å². The summed E-state index contributed by atoms with van der Waals surface area (Å²) < 4.78 is 0. The summed E-state index contributed by atoms with van der Waals surface area (Å²) in [5.41, 5.74) is 6.55. The van der Waals surface area contributed by atoms with Crippen LogP contribution >= 0.6 is 0 Å². The molecular weight excluding hydrogens is 364 g/mol. The van der Waals surface area contributed by atoms with E-state index in [4.69, 9.17) is 5.73 Å². The number of benzene rings is 1. The summed E-state index contributed by atoms with van der Waals surface area (Å²) in [6.45, 7) is 5.94. The standard InChI is InChI=1S/C23H36N4O2/c24-22(28)8-13-25-23(29)20-9-17-27(18-10-20)21-11-15-26(16-12-21)14-4-7-19-5-2-1-3-6-19/h1-3,5-6,20-21H,4,7-18H2,(H2,24,28)(H,25,29). The van der Waals surface area contributed by atoms with Gasteiger partial charge in [0.15, 0.2) is 0 Å². The Hall–Kier alpha value is -1.92. The van der Waals surface area contributed by atoms with Crippen LogP contribution in [0.1, 0.15) is 44.1 Å². The molecule has 0 aromatic heterocycles. The molecule has 2 aliphatic heterocycles. The maximum atomic E-state index is 12.2. The molecule has 2 saturated heterocycles. The lowest BCUT2D eigenvalue weighted by atomic mass is 9.92. The molecule has 1 aromatic rings. The molecule has 0 atom stereocenters. The van der Waals surface area contributed by atoms with Crippen LogP contribution in [0.3, 0.4) is 0 Å². The summed E-state index contributed by atoms with van der Waals surface area (Å²) in [6, 6.07) is 11.4. The zero-order valence-electron chi connectivity index (χ0n) is 17.5.